The van der Waals surface area contributed by atoms with Crippen LogP contribution < -0.4 is 5.32 Å². The number of pyridine rings is 1. The predicted molar refractivity (Wildman–Crippen MR) is 117 cm³/mol. The largest absolute Gasteiger partial charge is 0.463 e. The Labute approximate surface area is 173 Å². The molecule has 0 unspecified atom stereocenters. The van der Waals surface area contributed by atoms with Gasteiger partial charge in [0.1, 0.15) is 5.69 Å². The first-order chi connectivity index (χ1) is 13.5. The number of hydrogen-bond donors (Lipinski definition) is 1. The third-order valence-electron chi connectivity index (χ3n) is 4.98. The minimum atomic E-state index is -0.0725. The summed E-state index contributed by atoms with van der Waals surface area (Å²) in [4.78, 5) is 17.3. The van der Waals surface area contributed by atoms with Gasteiger partial charge >= 0.3 is 0 Å². The summed E-state index contributed by atoms with van der Waals surface area (Å²) in [6.45, 7) is 13.4. The van der Waals surface area contributed by atoms with Gasteiger partial charge in [0, 0.05) is 18.3 Å². The Kier molecular flexibility index (Phi) is 5.65. The van der Waals surface area contributed by atoms with Crippen molar-refractivity contribution in [2.75, 3.05) is 0 Å². The normalized spacial score (nSPS) is 12.1. The Morgan fingerprint density at radius 1 is 0.966 bits per heavy atom. The van der Waals surface area contributed by atoms with Crippen molar-refractivity contribution in [3.63, 3.8) is 0 Å². The van der Waals surface area contributed by atoms with E-state index in [0.29, 0.717) is 12.1 Å². The molecule has 1 N–H and O–H groups in total. The maximum absolute atomic E-state index is 12.9. The molecule has 0 bridgehead atoms. The van der Waals surface area contributed by atoms with Crippen molar-refractivity contribution in [3.05, 3.63) is 77.2 Å². The molecule has 3 aromatic rings. The molecule has 3 rings (SSSR count). The van der Waals surface area contributed by atoms with Crippen molar-refractivity contribution in [1.82, 2.24) is 10.3 Å². The summed E-state index contributed by atoms with van der Waals surface area (Å²) in [5.74, 6) is 0.658. The monoisotopic (exact) mass is 390 g/mol. The summed E-state index contributed by atoms with van der Waals surface area (Å²) >= 11 is 0. The van der Waals surface area contributed by atoms with Crippen LogP contribution in [0.4, 0.5) is 0 Å². The molecular weight excluding hydrogens is 360 g/mol. The minimum absolute atomic E-state index is 0.0259. The number of carbonyl (C=O) groups is 1. The van der Waals surface area contributed by atoms with Crippen LogP contribution >= 0.6 is 0 Å². The Hall–Kier alpha value is -2.88. The lowest BCUT2D eigenvalue weighted by Crippen LogP contribution is -2.25. The zero-order valence-electron chi connectivity index (χ0n) is 18.2. The Morgan fingerprint density at radius 2 is 1.62 bits per heavy atom. The molecule has 0 saturated carbocycles. The second kappa shape index (κ2) is 7.86. The van der Waals surface area contributed by atoms with Crippen molar-refractivity contribution >= 4 is 5.91 Å². The molecule has 2 heterocycles. The summed E-state index contributed by atoms with van der Waals surface area (Å²) in [6.07, 6.45) is 3.40. The van der Waals surface area contributed by atoms with Crippen LogP contribution in [-0.2, 0) is 17.4 Å². The van der Waals surface area contributed by atoms with Crippen molar-refractivity contribution in [2.24, 2.45) is 0 Å². The molecule has 0 aliphatic heterocycles. The maximum atomic E-state index is 12.9. The average molecular weight is 391 g/mol. The summed E-state index contributed by atoms with van der Waals surface area (Å²) in [6, 6.07) is 13.8. The number of benzene rings is 1. The van der Waals surface area contributed by atoms with E-state index in [1.54, 1.807) is 12.5 Å². The van der Waals surface area contributed by atoms with E-state index in [-0.39, 0.29) is 16.7 Å². The van der Waals surface area contributed by atoms with Crippen molar-refractivity contribution in [2.45, 2.75) is 58.9 Å². The fraction of sp³-hybridized carbons (Fsp3) is 0.360. The number of nitrogens with zero attached hydrogens (tertiary/aromatic N) is 1. The lowest BCUT2D eigenvalue weighted by Gasteiger charge is -2.26. The lowest BCUT2D eigenvalue weighted by molar-refractivity contribution is 0.0950. The third kappa shape index (κ3) is 5.14. The minimum Gasteiger partial charge on any atom is -0.463 e. The standard InChI is InChI=1S/C25H30N2O2/c1-24(2,3)19-12-18(13-20(14-19)25(4,5)6)23(28)27-16-17-9-10-21(26-15-17)22-8-7-11-29-22/h7-15H,16H2,1-6H3,(H,27,28). The summed E-state index contributed by atoms with van der Waals surface area (Å²) in [5.41, 5.74) is 4.69. The second-order valence-electron chi connectivity index (χ2n) is 9.51. The SMILES string of the molecule is CC(C)(C)c1cc(C(=O)NCc2ccc(-c3ccco3)nc2)cc(C(C)(C)C)c1. The zero-order valence-corrected chi connectivity index (χ0v) is 18.2. The summed E-state index contributed by atoms with van der Waals surface area (Å²) < 4.78 is 5.36. The van der Waals surface area contributed by atoms with Crippen LogP contribution in [0.5, 0.6) is 0 Å². The molecular formula is C25H30N2O2. The smallest absolute Gasteiger partial charge is 0.251 e. The van der Waals surface area contributed by atoms with Gasteiger partial charge in [-0.15, -0.1) is 0 Å². The molecule has 0 fully saturated rings. The number of furan rings is 1. The van der Waals surface area contributed by atoms with Crippen LogP contribution in [0.25, 0.3) is 11.5 Å². The highest BCUT2D eigenvalue weighted by Crippen LogP contribution is 2.30. The number of carbonyl (C=O) groups excluding carboxylic acids is 1. The molecule has 0 radical (unpaired) electrons. The fourth-order valence-corrected chi connectivity index (χ4v) is 3.01. The second-order valence-corrected chi connectivity index (χ2v) is 9.51. The van der Waals surface area contributed by atoms with Gasteiger partial charge in [0.05, 0.1) is 6.26 Å². The van der Waals surface area contributed by atoms with Crippen LogP contribution in [0.3, 0.4) is 0 Å². The molecule has 4 heteroatoms. The number of rotatable bonds is 4. The molecule has 1 aromatic carbocycles. The molecule has 0 aliphatic rings. The van der Waals surface area contributed by atoms with Gasteiger partial charge in [-0.2, -0.15) is 0 Å². The molecule has 152 valence electrons. The summed E-state index contributed by atoms with van der Waals surface area (Å²) in [7, 11) is 0. The molecule has 0 atom stereocenters. The van der Waals surface area contributed by atoms with Gasteiger partial charge in [0.15, 0.2) is 5.76 Å². The number of hydrogen-bond acceptors (Lipinski definition) is 3. The van der Waals surface area contributed by atoms with E-state index in [0.717, 1.165) is 17.0 Å². The molecule has 4 nitrogen and oxygen atoms in total. The van der Waals surface area contributed by atoms with Gasteiger partial charge in [-0.25, -0.2) is 0 Å². The molecule has 0 aliphatic carbocycles. The van der Waals surface area contributed by atoms with Crippen molar-refractivity contribution in [1.29, 1.82) is 0 Å². The molecule has 2 aromatic heterocycles. The van der Waals surface area contributed by atoms with E-state index in [1.165, 1.54) is 11.1 Å². The van der Waals surface area contributed by atoms with Gasteiger partial charge in [0.2, 0.25) is 0 Å². The fourth-order valence-electron chi connectivity index (χ4n) is 3.01. The van der Waals surface area contributed by atoms with Crippen LogP contribution in [0, 0.1) is 0 Å². The zero-order chi connectivity index (χ0) is 21.2. The third-order valence-corrected chi connectivity index (χ3v) is 4.98. The number of amides is 1. The van der Waals surface area contributed by atoms with Crippen molar-refractivity contribution < 1.29 is 9.21 Å². The van der Waals surface area contributed by atoms with E-state index >= 15 is 0 Å². The molecule has 0 spiro atoms. The van der Waals surface area contributed by atoms with Gasteiger partial charge in [0.25, 0.3) is 5.91 Å². The van der Waals surface area contributed by atoms with E-state index in [4.69, 9.17) is 4.42 Å². The Bertz CT molecular complexity index is 941. The Morgan fingerprint density at radius 3 is 2.10 bits per heavy atom. The molecule has 1 amide bonds. The number of aromatic nitrogens is 1. The van der Waals surface area contributed by atoms with Crippen LogP contribution in [-0.4, -0.2) is 10.9 Å². The number of nitrogens with one attached hydrogen (secondary N) is 1. The first-order valence-corrected chi connectivity index (χ1v) is 9.97. The highest BCUT2D eigenvalue weighted by molar-refractivity contribution is 5.94. The predicted octanol–water partition coefficient (Wildman–Crippen LogP) is 5.87. The van der Waals surface area contributed by atoms with Gasteiger partial charge in [-0.1, -0.05) is 53.7 Å². The molecule has 29 heavy (non-hydrogen) atoms. The van der Waals surface area contributed by atoms with E-state index in [9.17, 15) is 4.79 Å². The van der Waals surface area contributed by atoms with Gasteiger partial charge in [-0.05, 0) is 57.9 Å². The first kappa shape index (κ1) is 20.8. The van der Waals surface area contributed by atoms with E-state index in [2.05, 4.69) is 57.9 Å². The highest BCUT2D eigenvalue weighted by Gasteiger charge is 2.22. The van der Waals surface area contributed by atoms with Gasteiger partial charge in [-0.3, -0.25) is 9.78 Å². The van der Waals surface area contributed by atoms with Crippen LogP contribution in [0.2, 0.25) is 0 Å². The lowest BCUT2D eigenvalue weighted by atomic mass is 9.79. The Balaban J connectivity index is 1.76. The van der Waals surface area contributed by atoms with Crippen molar-refractivity contribution in [3.8, 4) is 11.5 Å². The average Bonchev–Trinajstić information content (AvgIpc) is 3.19. The summed E-state index contributed by atoms with van der Waals surface area (Å²) in [5, 5.41) is 3.02. The molecule has 0 saturated heterocycles. The van der Waals surface area contributed by atoms with Gasteiger partial charge < -0.3 is 9.73 Å². The first-order valence-electron chi connectivity index (χ1n) is 9.97. The highest BCUT2D eigenvalue weighted by atomic mass is 16.3. The van der Waals surface area contributed by atoms with Crippen LogP contribution in [0.15, 0.2) is 59.3 Å². The van der Waals surface area contributed by atoms with E-state index in [1.807, 2.05) is 36.4 Å². The topological polar surface area (TPSA) is 55.1 Å². The quantitative estimate of drug-likeness (QED) is 0.606. The van der Waals surface area contributed by atoms with E-state index < -0.39 is 0 Å². The maximum Gasteiger partial charge on any atom is 0.251 e. The van der Waals surface area contributed by atoms with Crippen LogP contribution in [0.1, 0.15) is 68.6 Å².